The van der Waals surface area contributed by atoms with E-state index in [-0.39, 0.29) is 16.9 Å². The van der Waals surface area contributed by atoms with Crippen molar-refractivity contribution in [2.75, 3.05) is 12.4 Å². The van der Waals surface area contributed by atoms with Gasteiger partial charge in [0.1, 0.15) is 5.82 Å². The molecule has 106 valence electrons. The molecule has 0 fully saturated rings. The van der Waals surface area contributed by atoms with E-state index >= 15 is 0 Å². The first kappa shape index (κ1) is 15.4. The molecular formula is C14H24N4O. The van der Waals surface area contributed by atoms with Crippen molar-refractivity contribution in [2.24, 2.45) is 5.41 Å². The van der Waals surface area contributed by atoms with Crippen LogP contribution in [0.2, 0.25) is 0 Å². The minimum atomic E-state index is -0.279. The van der Waals surface area contributed by atoms with Crippen LogP contribution in [0, 0.1) is 5.41 Å². The smallest absolute Gasteiger partial charge is 0.272 e. The average molecular weight is 264 g/mol. The molecule has 1 heterocycles. The molecule has 0 saturated heterocycles. The number of hydrogen-bond acceptors (Lipinski definition) is 4. The zero-order valence-electron chi connectivity index (χ0n) is 12.7. The Bertz CT molecular complexity index is 432. The Hall–Kier alpha value is -1.65. The van der Waals surface area contributed by atoms with Crippen LogP contribution in [0.15, 0.2) is 12.1 Å². The molecule has 0 unspecified atom stereocenters. The standard InChI is InChI=1S/C14H24N4O/c1-13(2,3)9-14(4,5)16-12(19)10-7-8-11(15-6)18-17-10/h7-8H,9H2,1-6H3,(H,15,18)(H,16,19). The summed E-state index contributed by atoms with van der Waals surface area (Å²) in [4.78, 5) is 12.1. The van der Waals surface area contributed by atoms with Gasteiger partial charge in [0.25, 0.3) is 5.91 Å². The summed E-state index contributed by atoms with van der Waals surface area (Å²) < 4.78 is 0. The van der Waals surface area contributed by atoms with Crippen LogP contribution in [-0.4, -0.2) is 28.7 Å². The zero-order valence-corrected chi connectivity index (χ0v) is 12.7. The molecule has 0 spiro atoms. The SMILES string of the molecule is CNc1ccc(C(=O)NC(C)(C)CC(C)(C)C)nn1. The quantitative estimate of drug-likeness (QED) is 0.876. The predicted molar refractivity (Wildman–Crippen MR) is 77.2 cm³/mol. The number of nitrogens with zero attached hydrogens (tertiary/aromatic N) is 2. The molecule has 2 N–H and O–H groups in total. The van der Waals surface area contributed by atoms with Crippen molar-refractivity contribution in [1.29, 1.82) is 0 Å². The molecule has 0 radical (unpaired) electrons. The largest absolute Gasteiger partial charge is 0.372 e. The highest BCUT2D eigenvalue weighted by molar-refractivity contribution is 5.92. The van der Waals surface area contributed by atoms with E-state index in [4.69, 9.17) is 0 Å². The third-order valence-electron chi connectivity index (χ3n) is 2.58. The summed E-state index contributed by atoms with van der Waals surface area (Å²) in [7, 11) is 1.76. The number of hydrogen-bond donors (Lipinski definition) is 2. The highest BCUT2D eigenvalue weighted by atomic mass is 16.2. The van der Waals surface area contributed by atoms with Gasteiger partial charge in [-0.3, -0.25) is 4.79 Å². The lowest BCUT2D eigenvalue weighted by Crippen LogP contribution is -2.46. The van der Waals surface area contributed by atoms with Crippen molar-refractivity contribution in [3.05, 3.63) is 17.8 Å². The van der Waals surface area contributed by atoms with Gasteiger partial charge in [0.2, 0.25) is 0 Å². The number of rotatable bonds is 4. The van der Waals surface area contributed by atoms with Gasteiger partial charge in [0, 0.05) is 12.6 Å². The van der Waals surface area contributed by atoms with Crippen molar-refractivity contribution in [3.63, 3.8) is 0 Å². The Kier molecular flexibility index (Phi) is 4.50. The lowest BCUT2D eigenvalue weighted by molar-refractivity contribution is 0.0885. The summed E-state index contributed by atoms with van der Waals surface area (Å²) in [5.74, 6) is 0.454. The number of nitrogens with one attached hydrogen (secondary N) is 2. The minimum Gasteiger partial charge on any atom is -0.372 e. The average Bonchev–Trinajstić information content (AvgIpc) is 2.25. The van der Waals surface area contributed by atoms with Gasteiger partial charge in [0.15, 0.2) is 5.69 Å². The molecule has 1 amide bonds. The zero-order chi connectivity index (χ0) is 14.7. The minimum absolute atomic E-state index is 0.151. The monoisotopic (exact) mass is 264 g/mol. The number of carbonyl (C=O) groups is 1. The predicted octanol–water partition coefficient (Wildman–Crippen LogP) is 2.46. The summed E-state index contributed by atoms with van der Waals surface area (Å²) in [6.45, 7) is 10.5. The van der Waals surface area contributed by atoms with Crippen LogP contribution >= 0.6 is 0 Å². The van der Waals surface area contributed by atoms with Gasteiger partial charge in [0.05, 0.1) is 0 Å². The molecule has 1 rings (SSSR count). The van der Waals surface area contributed by atoms with Gasteiger partial charge in [-0.25, -0.2) is 0 Å². The van der Waals surface area contributed by atoms with Crippen molar-refractivity contribution in [2.45, 2.75) is 46.6 Å². The molecule has 0 aliphatic heterocycles. The van der Waals surface area contributed by atoms with Crippen LogP contribution < -0.4 is 10.6 Å². The van der Waals surface area contributed by atoms with Crippen LogP contribution in [0.25, 0.3) is 0 Å². The molecular weight excluding hydrogens is 240 g/mol. The summed E-state index contributed by atoms with van der Waals surface area (Å²) >= 11 is 0. The van der Waals surface area contributed by atoms with Crippen LogP contribution in [0.4, 0.5) is 5.82 Å². The molecule has 0 aromatic carbocycles. The van der Waals surface area contributed by atoms with Gasteiger partial charge < -0.3 is 10.6 Å². The first-order valence-electron chi connectivity index (χ1n) is 6.47. The summed E-state index contributed by atoms with van der Waals surface area (Å²) in [6, 6.07) is 3.40. The molecule has 0 atom stereocenters. The third-order valence-corrected chi connectivity index (χ3v) is 2.58. The number of amides is 1. The molecule has 0 bridgehead atoms. The van der Waals surface area contributed by atoms with E-state index in [1.165, 1.54) is 0 Å². The Balaban J connectivity index is 2.72. The van der Waals surface area contributed by atoms with Gasteiger partial charge in [-0.1, -0.05) is 20.8 Å². The van der Waals surface area contributed by atoms with Gasteiger partial charge in [-0.05, 0) is 37.8 Å². The lowest BCUT2D eigenvalue weighted by Gasteiger charge is -2.33. The second kappa shape index (κ2) is 5.55. The van der Waals surface area contributed by atoms with E-state index in [9.17, 15) is 4.79 Å². The summed E-state index contributed by atoms with van der Waals surface area (Å²) in [5.41, 5.74) is 0.206. The molecule has 0 saturated carbocycles. The molecule has 19 heavy (non-hydrogen) atoms. The van der Waals surface area contributed by atoms with Crippen LogP contribution in [0.1, 0.15) is 51.5 Å². The van der Waals surface area contributed by atoms with Crippen molar-refractivity contribution in [1.82, 2.24) is 15.5 Å². The lowest BCUT2D eigenvalue weighted by atomic mass is 9.82. The topological polar surface area (TPSA) is 66.9 Å². The van der Waals surface area contributed by atoms with Gasteiger partial charge in [-0.2, -0.15) is 0 Å². The van der Waals surface area contributed by atoms with Gasteiger partial charge in [-0.15, -0.1) is 10.2 Å². The third kappa shape index (κ3) is 5.24. The Morgan fingerprint density at radius 1 is 1.16 bits per heavy atom. The van der Waals surface area contributed by atoms with E-state index in [1.54, 1.807) is 19.2 Å². The summed E-state index contributed by atoms with van der Waals surface area (Å²) in [5, 5.41) is 13.7. The van der Waals surface area contributed by atoms with E-state index in [0.717, 1.165) is 6.42 Å². The van der Waals surface area contributed by atoms with Gasteiger partial charge >= 0.3 is 0 Å². The molecule has 0 aliphatic carbocycles. The first-order valence-corrected chi connectivity index (χ1v) is 6.47. The van der Waals surface area contributed by atoms with Crippen molar-refractivity contribution >= 4 is 11.7 Å². The summed E-state index contributed by atoms with van der Waals surface area (Å²) in [6.07, 6.45) is 0.883. The van der Waals surface area contributed by atoms with E-state index in [2.05, 4.69) is 41.6 Å². The first-order chi connectivity index (χ1) is 8.63. The Morgan fingerprint density at radius 2 is 1.79 bits per heavy atom. The maximum Gasteiger partial charge on any atom is 0.272 e. The van der Waals surface area contributed by atoms with Crippen LogP contribution in [-0.2, 0) is 0 Å². The van der Waals surface area contributed by atoms with Crippen molar-refractivity contribution in [3.8, 4) is 0 Å². The molecule has 1 aromatic heterocycles. The highest BCUT2D eigenvalue weighted by Gasteiger charge is 2.27. The van der Waals surface area contributed by atoms with Crippen LogP contribution in [0.3, 0.4) is 0 Å². The second-order valence-electron chi connectivity index (χ2n) is 6.63. The van der Waals surface area contributed by atoms with E-state index in [0.29, 0.717) is 11.5 Å². The molecule has 1 aromatic rings. The second-order valence-corrected chi connectivity index (χ2v) is 6.63. The fourth-order valence-corrected chi connectivity index (χ4v) is 2.33. The highest BCUT2D eigenvalue weighted by Crippen LogP contribution is 2.26. The van der Waals surface area contributed by atoms with Crippen LogP contribution in [0.5, 0.6) is 0 Å². The Morgan fingerprint density at radius 3 is 2.21 bits per heavy atom. The molecule has 5 heteroatoms. The maximum atomic E-state index is 12.1. The Labute approximate surface area is 115 Å². The number of aromatic nitrogens is 2. The number of carbonyl (C=O) groups excluding carboxylic acids is 1. The van der Waals surface area contributed by atoms with E-state index in [1.807, 2.05) is 13.8 Å². The molecule has 5 nitrogen and oxygen atoms in total. The fraction of sp³-hybridized carbons (Fsp3) is 0.643. The maximum absolute atomic E-state index is 12.1. The van der Waals surface area contributed by atoms with Crippen molar-refractivity contribution < 1.29 is 4.79 Å². The van der Waals surface area contributed by atoms with E-state index < -0.39 is 0 Å². The molecule has 0 aliphatic rings. The normalized spacial score (nSPS) is 12.1. The fourth-order valence-electron chi connectivity index (χ4n) is 2.33. The number of anilines is 1.